The van der Waals surface area contributed by atoms with Gasteiger partial charge in [-0.1, -0.05) is 29.5 Å². The van der Waals surface area contributed by atoms with Crippen LogP contribution in [0, 0.1) is 6.92 Å². The molecule has 1 heterocycles. The number of aryl methyl sites for hydroxylation is 1. The van der Waals surface area contributed by atoms with Gasteiger partial charge in [0.05, 0.1) is 0 Å². The molecular formula is C10H12INSe. The van der Waals surface area contributed by atoms with Gasteiger partial charge < -0.3 is 0 Å². The van der Waals surface area contributed by atoms with Crippen LogP contribution in [0.5, 0.6) is 0 Å². The molecule has 0 saturated heterocycles. The molecule has 0 saturated carbocycles. The Morgan fingerprint density at radius 3 is 2.62 bits per heavy atom. The second-order valence-electron chi connectivity index (χ2n) is 2.47. The van der Waals surface area contributed by atoms with Gasteiger partial charge in [-0.3, -0.25) is 0 Å². The summed E-state index contributed by atoms with van der Waals surface area (Å²) in [6.45, 7) is 4.21. The van der Waals surface area contributed by atoms with Crippen LogP contribution in [0.3, 0.4) is 0 Å². The van der Waals surface area contributed by atoms with Gasteiger partial charge in [0.25, 0.3) is 0 Å². The van der Waals surface area contributed by atoms with Crippen LogP contribution in [-0.2, 0) is 0 Å². The maximum absolute atomic E-state index is 4.40. The van der Waals surface area contributed by atoms with Gasteiger partial charge in [0.15, 0.2) is 0 Å². The molecule has 0 atom stereocenters. The van der Waals surface area contributed by atoms with Crippen molar-refractivity contribution in [2.45, 2.75) is 13.8 Å². The van der Waals surface area contributed by atoms with Gasteiger partial charge >= 0.3 is 65.0 Å². The van der Waals surface area contributed by atoms with Gasteiger partial charge in [0.1, 0.15) is 0 Å². The molecule has 0 N–H and O–H groups in total. The van der Waals surface area contributed by atoms with Crippen LogP contribution in [0.25, 0.3) is 9.78 Å². The Kier molecular flexibility index (Phi) is 4.99. The molecule has 70 valence electrons. The SMILES string of the molecule is CCI.Cc1nc2ccccc2[se]1. The third kappa shape index (κ3) is 3.41. The van der Waals surface area contributed by atoms with E-state index in [-0.39, 0.29) is 0 Å². The van der Waals surface area contributed by atoms with E-state index in [1.54, 1.807) is 0 Å². The molecule has 0 radical (unpaired) electrons. The zero-order valence-corrected chi connectivity index (χ0v) is 11.6. The van der Waals surface area contributed by atoms with Gasteiger partial charge in [-0.2, -0.15) is 0 Å². The molecule has 2 rings (SSSR count). The van der Waals surface area contributed by atoms with Crippen molar-refractivity contribution >= 4 is 46.9 Å². The van der Waals surface area contributed by atoms with Crippen molar-refractivity contribution in [2.24, 2.45) is 0 Å². The van der Waals surface area contributed by atoms with Crippen molar-refractivity contribution in [3.63, 3.8) is 0 Å². The van der Waals surface area contributed by atoms with E-state index in [9.17, 15) is 0 Å². The Hall–Kier alpha value is 0.139. The first-order valence-corrected chi connectivity index (χ1v) is 7.40. The summed E-state index contributed by atoms with van der Waals surface area (Å²) in [5.74, 6) is 0. The second-order valence-corrected chi connectivity index (χ2v) is 6.58. The summed E-state index contributed by atoms with van der Waals surface area (Å²) < 4.78 is 3.93. The molecule has 0 unspecified atom stereocenters. The summed E-state index contributed by atoms with van der Waals surface area (Å²) in [6, 6.07) is 8.36. The molecule has 0 aliphatic heterocycles. The van der Waals surface area contributed by atoms with E-state index in [0.29, 0.717) is 14.5 Å². The molecule has 0 amide bonds. The van der Waals surface area contributed by atoms with Crippen molar-refractivity contribution in [1.29, 1.82) is 0 Å². The summed E-state index contributed by atoms with van der Waals surface area (Å²) in [5.41, 5.74) is 1.18. The quantitative estimate of drug-likeness (QED) is 0.404. The van der Waals surface area contributed by atoms with Crippen LogP contribution < -0.4 is 0 Å². The molecule has 2 aromatic rings. The van der Waals surface area contributed by atoms with E-state index in [4.69, 9.17) is 0 Å². The molecule has 0 spiro atoms. The number of benzene rings is 1. The minimum atomic E-state index is 0.511. The van der Waals surface area contributed by atoms with Crippen molar-refractivity contribution < 1.29 is 0 Å². The molecule has 0 aliphatic rings. The average Bonchev–Trinajstić information content (AvgIpc) is 2.45. The van der Waals surface area contributed by atoms with Gasteiger partial charge in [0.2, 0.25) is 0 Å². The number of nitrogens with zero attached hydrogens (tertiary/aromatic N) is 1. The first-order valence-electron chi connectivity index (χ1n) is 4.16. The third-order valence-electron chi connectivity index (χ3n) is 1.40. The second kappa shape index (κ2) is 5.78. The molecule has 0 aliphatic carbocycles. The standard InChI is InChI=1S/C8H7NSe.C2H5I/c1-6-9-7-4-2-3-5-8(7)10-6;1-2-3/h2-5H,1H3;2H2,1H3. The number of hydrogen-bond acceptors (Lipinski definition) is 1. The van der Waals surface area contributed by atoms with E-state index in [1.165, 1.54) is 18.8 Å². The molecular weight excluding hydrogens is 340 g/mol. The molecule has 13 heavy (non-hydrogen) atoms. The minimum absolute atomic E-state index is 0.511. The predicted octanol–water partition coefficient (Wildman–Crippen LogP) is 3.04. The average molecular weight is 352 g/mol. The van der Waals surface area contributed by atoms with E-state index in [2.05, 4.69) is 59.6 Å². The number of para-hydroxylation sites is 1. The Labute approximate surface area is 98.5 Å². The van der Waals surface area contributed by atoms with Crippen molar-refractivity contribution in [1.82, 2.24) is 4.98 Å². The van der Waals surface area contributed by atoms with E-state index in [1.807, 2.05) is 6.07 Å². The van der Waals surface area contributed by atoms with Gasteiger partial charge in [-0.05, 0) is 4.43 Å². The summed E-state index contributed by atoms with van der Waals surface area (Å²) in [5, 5.41) is 0. The van der Waals surface area contributed by atoms with Crippen LogP contribution in [-0.4, -0.2) is 23.9 Å². The van der Waals surface area contributed by atoms with Gasteiger partial charge in [-0.15, -0.1) is 0 Å². The summed E-state index contributed by atoms with van der Waals surface area (Å²) in [6.07, 6.45) is 0. The summed E-state index contributed by atoms with van der Waals surface area (Å²) in [7, 11) is 0. The number of hydrogen-bond donors (Lipinski definition) is 0. The normalized spacial score (nSPS) is 9.46. The van der Waals surface area contributed by atoms with Crippen molar-refractivity contribution in [2.75, 3.05) is 4.43 Å². The number of rotatable bonds is 0. The third-order valence-corrected chi connectivity index (χ3v) is 3.40. The van der Waals surface area contributed by atoms with Crippen molar-refractivity contribution in [3.05, 3.63) is 28.8 Å². The molecule has 0 fully saturated rings. The predicted molar refractivity (Wildman–Crippen MR) is 68.0 cm³/mol. The maximum atomic E-state index is 4.40. The number of fused-ring (bicyclic) bond motifs is 1. The van der Waals surface area contributed by atoms with Crippen LogP contribution in [0.4, 0.5) is 0 Å². The van der Waals surface area contributed by atoms with Crippen LogP contribution in [0.2, 0.25) is 0 Å². The molecule has 0 bridgehead atoms. The summed E-state index contributed by atoms with van der Waals surface area (Å²) in [4.78, 5) is 4.40. The molecule has 1 aromatic heterocycles. The topological polar surface area (TPSA) is 12.9 Å². The van der Waals surface area contributed by atoms with E-state index >= 15 is 0 Å². The zero-order valence-electron chi connectivity index (χ0n) is 7.75. The van der Waals surface area contributed by atoms with Gasteiger partial charge in [-0.25, -0.2) is 0 Å². The number of aromatic nitrogens is 1. The zero-order chi connectivity index (χ0) is 9.68. The molecule has 1 nitrogen and oxygen atoms in total. The number of alkyl halides is 1. The first-order chi connectivity index (χ1) is 6.27. The molecule has 3 heteroatoms. The Morgan fingerprint density at radius 1 is 1.38 bits per heavy atom. The fourth-order valence-electron chi connectivity index (χ4n) is 0.987. The Balaban J connectivity index is 0.000000251. The van der Waals surface area contributed by atoms with Gasteiger partial charge in [0, 0.05) is 0 Å². The van der Waals surface area contributed by atoms with Crippen LogP contribution in [0.1, 0.15) is 11.5 Å². The van der Waals surface area contributed by atoms with E-state index in [0.717, 1.165) is 0 Å². The number of halogens is 1. The van der Waals surface area contributed by atoms with Crippen LogP contribution >= 0.6 is 22.6 Å². The fourth-order valence-corrected chi connectivity index (χ4v) is 2.72. The first kappa shape index (κ1) is 11.2. The monoisotopic (exact) mass is 353 g/mol. The van der Waals surface area contributed by atoms with Crippen LogP contribution in [0.15, 0.2) is 24.3 Å². The summed E-state index contributed by atoms with van der Waals surface area (Å²) >= 11 is 2.80. The Morgan fingerprint density at radius 2 is 2.00 bits per heavy atom. The van der Waals surface area contributed by atoms with E-state index < -0.39 is 0 Å². The Bertz CT molecular complexity index is 337. The van der Waals surface area contributed by atoms with Crippen molar-refractivity contribution in [3.8, 4) is 0 Å². The fraction of sp³-hybridized carbons (Fsp3) is 0.300. The molecule has 1 aromatic carbocycles.